The van der Waals surface area contributed by atoms with E-state index in [1.807, 2.05) is 19.9 Å². The zero-order valence-electron chi connectivity index (χ0n) is 12.9. The average Bonchev–Trinajstić information content (AvgIpc) is 2.87. The molecule has 1 aliphatic carbocycles. The van der Waals surface area contributed by atoms with Gasteiger partial charge in [0.15, 0.2) is 11.5 Å². The molecule has 0 aromatic heterocycles. The molecule has 1 fully saturated rings. The van der Waals surface area contributed by atoms with E-state index in [0.717, 1.165) is 23.0 Å². The molecule has 0 radical (unpaired) electrons. The lowest BCUT2D eigenvalue weighted by Crippen LogP contribution is -2.19. The van der Waals surface area contributed by atoms with Gasteiger partial charge in [0.05, 0.1) is 13.2 Å². The van der Waals surface area contributed by atoms with Crippen molar-refractivity contribution in [2.24, 2.45) is 17.6 Å². The van der Waals surface area contributed by atoms with Gasteiger partial charge in [0.2, 0.25) is 0 Å². The fourth-order valence-corrected chi connectivity index (χ4v) is 3.12. The second-order valence-corrected chi connectivity index (χ2v) is 5.78. The van der Waals surface area contributed by atoms with Crippen LogP contribution in [-0.4, -0.2) is 13.2 Å². The number of rotatable bonds is 6. The number of benzene rings is 1. The van der Waals surface area contributed by atoms with Crippen molar-refractivity contribution < 1.29 is 9.47 Å². The van der Waals surface area contributed by atoms with E-state index in [2.05, 4.69) is 19.1 Å². The van der Waals surface area contributed by atoms with Crippen molar-refractivity contribution in [2.75, 3.05) is 13.2 Å². The van der Waals surface area contributed by atoms with Crippen LogP contribution in [0, 0.1) is 11.8 Å². The lowest BCUT2D eigenvalue weighted by molar-refractivity contribution is 0.287. The van der Waals surface area contributed by atoms with Crippen LogP contribution in [0.15, 0.2) is 18.2 Å². The molecule has 0 heterocycles. The van der Waals surface area contributed by atoms with Gasteiger partial charge in [-0.1, -0.05) is 19.4 Å². The molecule has 2 rings (SSSR count). The van der Waals surface area contributed by atoms with Gasteiger partial charge in [-0.05, 0) is 56.2 Å². The van der Waals surface area contributed by atoms with Gasteiger partial charge in [-0.15, -0.1) is 0 Å². The summed E-state index contributed by atoms with van der Waals surface area (Å²) in [5, 5.41) is 0. The summed E-state index contributed by atoms with van der Waals surface area (Å²) in [6, 6.07) is 6.24. The summed E-state index contributed by atoms with van der Waals surface area (Å²) in [7, 11) is 0. The van der Waals surface area contributed by atoms with E-state index in [4.69, 9.17) is 15.2 Å². The van der Waals surface area contributed by atoms with Crippen LogP contribution in [-0.2, 0) is 0 Å². The second kappa shape index (κ2) is 6.98. The fraction of sp³-hybridized carbons (Fsp3) is 0.647. The van der Waals surface area contributed by atoms with Crippen molar-refractivity contribution in [2.45, 2.75) is 46.1 Å². The summed E-state index contributed by atoms with van der Waals surface area (Å²) < 4.78 is 11.3. The molecule has 3 atom stereocenters. The van der Waals surface area contributed by atoms with Crippen molar-refractivity contribution in [1.29, 1.82) is 0 Å². The first kappa shape index (κ1) is 15.2. The Hall–Kier alpha value is -1.22. The maximum atomic E-state index is 6.46. The van der Waals surface area contributed by atoms with Crippen molar-refractivity contribution in [3.63, 3.8) is 0 Å². The molecule has 0 amide bonds. The molecule has 3 heteroatoms. The topological polar surface area (TPSA) is 44.5 Å². The van der Waals surface area contributed by atoms with E-state index in [-0.39, 0.29) is 6.04 Å². The summed E-state index contributed by atoms with van der Waals surface area (Å²) in [4.78, 5) is 0. The van der Waals surface area contributed by atoms with Gasteiger partial charge in [0, 0.05) is 6.04 Å². The molecular formula is C17H27NO2. The van der Waals surface area contributed by atoms with Crippen LogP contribution >= 0.6 is 0 Å². The van der Waals surface area contributed by atoms with Gasteiger partial charge in [-0.3, -0.25) is 0 Å². The smallest absolute Gasteiger partial charge is 0.161 e. The summed E-state index contributed by atoms with van der Waals surface area (Å²) in [6.45, 7) is 7.57. The first-order chi connectivity index (χ1) is 9.65. The molecule has 0 saturated heterocycles. The van der Waals surface area contributed by atoms with E-state index in [9.17, 15) is 0 Å². The SMILES string of the molecule is CCOc1ccc(C(N)C2CCC(C)C2)cc1OCC. The highest BCUT2D eigenvalue weighted by Gasteiger charge is 2.27. The van der Waals surface area contributed by atoms with Gasteiger partial charge < -0.3 is 15.2 Å². The van der Waals surface area contributed by atoms with Gasteiger partial charge in [-0.25, -0.2) is 0 Å². The van der Waals surface area contributed by atoms with Crippen LogP contribution in [0.3, 0.4) is 0 Å². The van der Waals surface area contributed by atoms with Crippen LogP contribution in [0.5, 0.6) is 11.5 Å². The Labute approximate surface area is 122 Å². The molecule has 1 aromatic rings. The number of nitrogens with two attached hydrogens (primary N) is 1. The number of hydrogen-bond acceptors (Lipinski definition) is 3. The number of hydrogen-bond donors (Lipinski definition) is 1. The van der Waals surface area contributed by atoms with Crippen LogP contribution < -0.4 is 15.2 Å². The quantitative estimate of drug-likeness (QED) is 0.857. The maximum absolute atomic E-state index is 6.46. The molecular weight excluding hydrogens is 250 g/mol. The molecule has 0 bridgehead atoms. The summed E-state index contributed by atoms with van der Waals surface area (Å²) >= 11 is 0. The van der Waals surface area contributed by atoms with Gasteiger partial charge in [0.1, 0.15) is 0 Å². The summed E-state index contributed by atoms with van der Waals surface area (Å²) in [5.41, 5.74) is 7.62. The molecule has 1 aliphatic rings. The highest BCUT2D eigenvalue weighted by atomic mass is 16.5. The van der Waals surface area contributed by atoms with Crippen molar-refractivity contribution in [1.82, 2.24) is 0 Å². The van der Waals surface area contributed by atoms with Crippen LogP contribution in [0.1, 0.15) is 51.6 Å². The summed E-state index contributed by atoms with van der Waals surface area (Å²) in [5.74, 6) is 3.02. The van der Waals surface area contributed by atoms with Gasteiger partial charge >= 0.3 is 0 Å². The number of ether oxygens (including phenoxy) is 2. The van der Waals surface area contributed by atoms with Crippen LogP contribution in [0.4, 0.5) is 0 Å². The van der Waals surface area contributed by atoms with E-state index in [0.29, 0.717) is 19.1 Å². The molecule has 3 nitrogen and oxygen atoms in total. The first-order valence-corrected chi connectivity index (χ1v) is 7.80. The van der Waals surface area contributed by atoms with Gasteiger partial charge in [0.25, 0.3) is 0 Å². The zero-order valence-corrected chi connectivity index (χ0v) is 12.9. The Morgan fingerprint density at radius 2 is 1.85 bits per heavy atom. The summed E-state index contributed by atoms with van der Waals surface area (Å²) in [6.07, 6.45) is 3.77. The maximum Gasteiger partial charge on any atom is 0.161 e. The fourth-order valence-electron chi connectivity index (χ4n) is 3.12. The van der Waals surface area contributed by atoms with E-state index < -0.39 is 0 Å². The zero-order chi connectivity index (χ0) is 14.5. The molecule has 20 heavy (non-hydrogen) atoms. The van der Waals surface area contributed by atoms with Crippen molar-refractivity contribution >= 4 is 0 Å². The monoisotopic (exact) mass is 277 g/mol. The van der Waals surface area contributed by atoms with Crippen LogP contribution in [0.2, 0.25) is 0 Å². The molecule has 1 aromatic carbocycles. The van der Waals surface area contributed by atoms with Crippen LogP contribution in [0.25, 0.3) is 0 Å². The lowest BCUT2D eigenvalue weighted by atomic mass is 9.91. The second-order valence-electron chi connectivity index (χ2n) is 5.78. The predicted octanol–water partition coefficient (Wildman–Crippen LogP) is 3.92. The standard InChI is InChI=1S/C17H27NO2/c1-4-19-15-9-8-14(11-16(15)20-5-2)17(18)13-7-6-12(3)10-13/h8-9,11-13,17H,4-7,10,18H2,1-3H3. The third-order valence-corrected chi connectivity index (χ3v) is 4.20. The Kier molecular flexibility index (Phi) is 5.30. The molecule has 112 valence electrons. The lowest BCUT2D eigenvalue weighted by Gasteiger charge is -2.21. The third-order valence-electron chi connectivity index (χ3n) is 4.20. The molecule has 0 aliphatic heterocycles. The molecule has 2 N–H and O–H groups in total. The Bertz CT molecular complexity index is 433. The largest absolute Gasteiger partial charge is 0.490 e. The van der Waals surface area contributed by atoms with Gasteiger partial charge in [-0.2, -0.15) is 0 Å². The Morgan fingerprint density at radius 3 is 2.45 bits per heavy atom. The normalized spacial score (nSPS) is 23.6. The highest BCUT2D eigenvalue weighted by Crippen LogP contribution is 2.39. The Morgan fingerprint density at radius 1 is 1.15 bits per heavy atom. The molecule has 3 unspecified atom stereocenters. The first-order valence-electron chi connectivity index (χ1n) is 7.80. The minimum Gasteiger partial charge on any atom is -0.490 e. The molecule has 1 saturated carbocycles. The molecule has 0 spiro atoms. The van der Waals surface area contributed by atoms with E-state index in [1.165, 1.54) is 19.3 Å². The predicted molar refractivity (Wildman–Crippen MR) is 82.2 cm³/mol. The average molecular weight is 277 g/mol. The third kappa shape index (κ3) is 3.45. The highest BCUT2D eigenvalue weighted by molar-refractivity contribution is 5.44. The van der Waals surface area contributed by atoms with E-state index >= 15 is 0 Å². The van der Waals surface area contributed by atoms with Crippen molar-refractivity contribution in [3.8, 4) is 11.5 Å². The Balaban J connectivity index is 2.16. The van der Waals surface area contributed by atoms with Crippen molar-refractivity contribution in [3.05, 3.63) is 23.8 Å². The minimum absolute atomic E-state index is 0.106. The minimum atomic E-state index is 0.106. The van der Waals surface area contributed by atoms with E-state index in [1.54, 1.807) is 0 Å².